The Hall–Kier alpha value is -2.37. The fourth-order valence-electron chi connectivity index (χ4n) is 1.71. The number of aryl methyl sites for hydroxylation is 1. The molecule has 0 unspecified atom stereocenters. The predicted octanol–water partition coefficient (Wildman–Crippen LogP) is 2.78. The summed E-state index contributed by atoms with van der Waals surface area (Å²) < 4.78 is 15.5. The second-order valence-corrected chi connectivity index (χ2v) is 4.39. The van der Waals surface area contributed by atoms with E-state index in [2.05, 4.69) is 10.1 Å². The zero-order valence-electron chi connectivity index (χ0n) is 12.2. The molecule has 1 aromatic heterocycles. The molecule has 112 valence electrons. The first kappa shape index (κ1) is 15.0. The normalized spacial score (nSPS) is 10.4. The molecular formula is C15H18N2O4. The summed E-state index contributed by atoms with van der Waals surface area (Å²) in [5.74, 6) is 1.41. The van der Waals surface area contributed by atoms with Gasteiger partial charge in [-0.05, 0) is 37.6 Å². The molecule has 0 fully saturated rings. The van der Waals surface area contributed by atoms with Crippen molar-refractivity contribution in [2.75, 3.05) is 6.61 Å². The van der Waals surface area contributed by atoms with E-state index in [1.807, 2.05) is 6.92 Å². The Bertz CT molecular complexity index is 578. The number of aromatic nitrogens is 2. The predicted molar refractivity (Wildman–Crippen MR) is 75.0 cm³/mol. The van der Waals surface area contributed by atoms with Crippen LogP contribution in [0.1, 0.15) is 42.3 Å². The van der Waals surface area contributed by atoms with Gasteiger partial charge in [0.15, 0.2) is 6.61 Å². The number of nitrogens with zero attached hydrogens (tertiary/aromatic N) is 2. The van der Waals surface area contributed by atoms with Gasteiger partial charge in [-0.3, -0.25) is 0 Å². The molecule has 0 radical (unpaired) electrons. The minimum Gasteiger partial charge on any atom is -0.485 e. The quantitative estimate of drug-likeness (QED) is 0.730. The van der Waals surface area contributed by atoms with Gasteiger partial charge in [0.1, 0.15) is 5.75 Å². The van der Waals surface area contributed by atoms with Crippen LogP contribution in [-0.4, -0.2) is 22.7 Å². The van der Waals surface area contributed by atoms with E-state index in [0.29, 0.717) is 29.6 Å². The van der Waals surface area contributed by atoms with Crippen molar-refractivity contribution >= 4 is 5.97 Å². The number of hydrogen-bond acceptors (Lipinski definition) is 6. The fourth-order valence-corrected chi connectivity index (χ4v) is 1.71. The molecule has 1 aromatic carbocycles. The van der Waals surface area contributed by atoms with Crippen LogP contribution in [-0.2, 0) is 17.8 Å². The highest BCUT2D eigenvalue weighted by Gasteiger charge is 2.08. The Labute approximate surface area is 123 Å². The Morgan fingerprint density at radius 2 is 2.00 bits per heavy atom. The van der Waals surface area contributed by atoms with Gasteiger partial charge in [0.2, 0.25) is 11.7 Å². The number of hydrogen-bond donors (Lipinski definition) is 0. The van der Waals surface area contributed by atoms with E-state index >= 15 is 0 Å². The van der Waals surface area contributed by atoms with Crippen LogP contribution in [0.25, 0.3) is 0 Å². The maximum atomic E-state index is 11.5. The first-order valence-corrected chi connectivity index (χ1v) is 6.94. The standard InChI is InChI=1S/C15H18N2O4/c1-3-5-14-16-13(17-21-14)10-20-12-8-6-11(7-9-12)15(18)19-4-2/h6-9H,3-5,10H2,1-2H3. The van der Waals surface area contributed by atoms with Gasteiger partial charge in [-0.15, -0.1) is 0 Å². The van der Waals surface area contributed by atoms with Gasteiger partial charge in [0.25, 0.3) is 0 Å². The van der Waals surface area contributed by atoms with Gasteiger partial charge in [-0.1, -0.05) is 12.1 Å². The monoisotopic (exact) mass is 290 g/mol. The molecule has 6 heteroatoms. The fraction of sp³-hybridized carbons (Fsp3) is 0.400. The van der Waals surface area contributed by atoms with E-state index in [-0.39, 0.29) is 12.6 Å². The summed E-state index contributed by atoms with van der Waals surface area (Å²) in [6.07, 6.45) is 1.72. The van der Waals surface area contributed by atoms with Crippen molar-refractivity contribution in [3.63, 3.8) is 0 Å². The smallest absolute Gasteiger partial charge is 0.338 e. The van der Waals surface area contributed by atoms with Crippen LogP contribution >= 0.6 is 0 Å². The molecule has 0 aliphatic heterocycles. The maximum absolute atomic E-state index is 11.5. The van der Waals surface area contributed by atoms with Gasteiger partial charge in [0, 0.05) is 6.42 Å². The lowest BCUT2D eigenvalue weighted by Crippen LogP contribution is -2.04. The van der Waals surface area contributed by atoms with Crippen LogP contribution in [0.2, 0.25) is 0 Å². The highest BCUT2D eigenvalue weighted by Crippen LogP contribution is 2.14. The summed E-state index contributed by atoms with van der Waals surface area (Å²) in [5, 5.41) is 3.83. The lowest BCUT2D eigenvalue weighted by molar-refractivity contribution is 0.0526. The Morgan fingerprint density at radius 1 is 1.24 bits per heavy atom. The Kier molecular flexibility index (Phi) is 5.31. The molecule has 21 heavy (non-hydrogen) atoms. The third-order valence-corrected chi connectivity index (χ3v) is 2.71. The van der Waals surface area contributed by atoms with E-state index in [1.165, 1.54) is 0 Å². The van der Waals surface area contributed by atoms with Gasteiger partial charge < -0.3 is 14.0 Å². The Morgan fingerprint density at radius 3 is 2.67 bits per heavy atom. The third kappa shape index (κ3) is 4.30. The molecule has 0 saturated heterocycles. The summed E-state index contributed by atoms with van der Waals surface area (Å²) in [7, 11) is 0. The molecule has 0 amide bonds. The number of ether oxygens (including phenoxy) is 2. The molecule has 0 N–H and O–H groups in total. The zero-order chi connectivity index (χ0) is 15.1. The van der Waals surface area contributed by atoms with Crippen molar-refractivity contribution in [2.45, 2.75) is 33.3 Å². The number of carbonyl (C=O) groups excluding carboxylic acids is 1. The van der Waals surface area contributed by atoms with E-state index in [4.69, 9.17) is 14.0 Å². The summed E-state index contributed by atoms with van der Waals surface area (Å²) in [6.45, 7) is 4.40. The maximum Gasteiger partial charge on any atom is 0.338 e. The molecule has 0 saturated carbocycles. The average molecular weight is 290 g/mol. The molecule has 0 bridgehead atoms. The first-order valence-electron chi connectivity index (χ1n) is 6.94. The van der Waals surface area contributed by atoms with Crippen molar-refractivity contribution in [2.24, 2.45) is 0 Å². The highest BCUT2D eigenvalue weighted by atomic mass is 16.5. The highest BCUT2D eigenvalue weighted by molar-refractivity contribution is 5.89. The number of carbonyl (C=O) groups is 1. The van der Waals surface area contributed by atoms with Crippen molar-refractivity contribution in [1.82, 2.24) is 10.1 Å². The summed E-state index contributed by atoms with van der Waals surface area (Å²) in [4.78, 5) is 15.7. The zero-order valence-corrected chi connectivity index (χ0v) is 12.2. The minimum absolute atomic E-state index is 0.228. The van der Waals surface area contributed by atoms with E-state index in [1.54, 1.807) is 31.2 Å². The van der Waals surface area contributed by atoms with Gasteiger partial charge in [-0.2, -0.15) is 4.98 Å². The number of rotatable bonds is 7. The van der Waals surface area contributed by atoms with Crippen LogP contribution in [0.4, 0.5) is 0 Å². The molecule has 1 heterocycles. The summed E-state index contributed by atoms with van der Waals surface area (Å²) >= 11 is 0. The topological polar surface area (TPSA) is 74.5 Å². The second-order valence-electron chi connectivity index (χ2n) is 4.39. The van der Waals surface area contributed by atoms with Crippen LogP contribution in [0.15, 0.2) is 28.8 Å². The van der Waals surface area contributed by atoms with Crippen LogP contribution in [0.3, 0.4) is 0 Å². The van der Waals surface area contributed by atoms with Crippen LogP contribution < -0.4 is 4.74 Å². The second kappa shape index (κ2) is 7.42. The van der Waals surface area contributed by atoms with Crippen LogP contribution in [0.5, 0.6) is 5.75 Å². The van der Waals surface area contributed by atoms with E-state index in [9.17, 15) is 4.79 Å². The van der Waals surface area contributed by atoms with Gasteiger partial charge in [-0.25, -0.2) is 4.79 Å². The number of esters is 1. The Balaban J connectivity index is 1.89. The summed E-state index contributed by atoms with van der Waals surface area (Å²) in [6, 6.07) is 6.73. The van der Waals surface area contributed by atoms with Crippen LogP contribution in [0, 0.1) is 0 Å². The molecule has 2 rings (SSSR count). The minimum atomic E-state index is -0.341. The number of benzene rings is 1. The molecule has 2 aromatic rings. The lowest BCUT2D eigenvalue weighted by Gasteiger charge is -2.05. The largest absolute Gasteiger partial charge is 0.485 e. The molecule has 6 nitrogen and oxygen atoms in total. The molecule has 0 aliphatic rings. The third-order valence-electron chi connectivity index (χ3n) is 2.71. The molecule has 0 atom stereocenters. The van der Waals surface area contributed by atoms with E-state index in [0.717, 1.165) is 12.8 Å². The SMILES string of the molecule is CCCc1nc(COc2ccc(C(=O)OCC)cc2)no1. The van der Waals surface area contributed by atoms with Crippen molar-refractivity contribution in [1.29, 1.82) is 0 Å². The van der Waals surface area contributed by atoms with Crippen molar-refractivity contribution in [3.05, 3.63) is 41.5 Å². The average Bonchev–Trinajstić information content (AvgIpc) is 2.94. The lowest BCUT2D eigenvalue weighted by atomic mass is 10.2. The van der Waals surface area contributed by atoms with Crippen molar-refractivity contribution < 1.29 is 18.8 Å². The summed E-state index contributed by atoms with van der Waals surface area (Å²) in [5.41, 5.74) is 0.494. The molecule has 0 spiro atoms. The van der Waals surface area contributed by atoms with Gasteiger partial charge in [0.05, 0.1) is 12.2 Å². The molecular weight excluding hydrogens is 272 g/mol. The van der Waals surface area contributed by atoms with Gasteiger partial charge >= 0.3 is 5.97 Å². The first-order chi connectivity index (χ1) is 10.2. The molecule has 0 aliphatic carbocycles. The van der Waals surface area contributed by atoms with Crippen molar-refractivity contribution in [3.8, 4) is 5.75 Å². The van der Waals surface area contributed by atoms with E-state index < -0.39 is 0 Å².